The third-order valence-corrected chi connectivity index (χ3v) is 4.26. The number of rotatable bonds is 4. The van der Waals surface area contributed by atoms with E-state index in [1.54, 1.807) is 6.07 Å². The summed E-state index contributed by atoms with van der Waals surface area (Å²) in [6.07, 6.45) is 2.62. The van der Waals surface area contributed by atoms with Crippen molar-refractivity contribution in [2.45, 2.75) is 24.6 Å². The van der Waals surface area contributed by atoms with Crippen molar-refractivity contribution in [3.05, 3.63) is 34.6 Å². The van der Waals surface area contributed by atoms with E-state index in [4.69, 9.17) is 11.6 Å². The van der Waals surface area contributed by atoms with Gasteiger partial charge in [0.25, 0.3) is 0 Å². The van der Waals surface area contributed by atoms with Crippen LogP contribution in [0.3, 0.4) is 0 Å². The molecule has 1 nitrogen and oxygen atoms in total. The molecule has 16 heavy (non-hydrogen) atoms. The molecule has 1 aliphatic rings. The largest absolute Gasteiger partial charge is 0.312 e. The number of hydrogen-bond acceptors (Lipinski definition) is 2. The third kappa shape index (κ3) is 3.65. The predicted octanol–water partition coefficient (Wildman–Crippen LogP) is 3.46. The first-order valence-corrected chi connectivity index (χ1v) is 6.94. The molecule has 1 aromatic carbocycles. The van der Waals surface area contributed by atoms with Crippen molar-refractivity contribution in [3.63, 3.8) is 0 Å². The number of halogens is 2. The van der Waals surface area contributed by atoms with E-state index in [0.717, 1.165) is 17.4 Å². The van der Waals surface area contributed by atoms with E-state index in [1.807, 2.05) is 11.8 Å². The number of thioether (sulfide) groups is 1. The fourth-order valence-corrected chi connectivity index (χ4v) is 3.38. The molecular formula is C12H15ClFNS. The van der Waals surface area contributed by atoms with Crippen LogP contribution in [-0.2, 0) is 6.54 Å². The van der Waals surface area contributed by atoms with Crippen molar-refractivity contribution >= 4 is 23.4 Å². The molecule has 1 N–H and O–H groups in total. The van der Waals surface area contributed by atoms with Gasteiger partial charge in [0.2, 0.25) is 0 Å². The Morgan fingerprint density at radius 1 is 1.44 bits per heavy atom. The summed E-state index contributed by atoms with van der Waals surface area (Å²) < 4.78 is 13.0. The highest BCUT2D eigenvalue weighted by molar-refractivity contribution is 8.00. The van der Waals surface area contributed by atoms with Gasteiger partial charge in [0.05, 0.1) is 0 Å². The zero-order valence-corrected chi connectivity index (χ0v) is 10.6. The van der Waals surface area contributed by atoms with Crippen LogP contribution in [0.4, 0.5) is 4.39 Å². The predicted molar refractivity (Wildman–Crippen MR) is 68.6 cm³/mol. The molecule has 88 valence electrons. The average Bonchev–Trinajstić information content (AvgIpc) is 2.69. The van der Waals surface area contributed by atoms with E-state index in [0.29, 0.717) is 11.6 Å². The van der Waals surface area contributed by atoms with Gasteiger partial charge in [-0.2, -0.15) is 11.8 Å². The summed E-state index contributed by atoms with van der Waals surface area (Å²) in [6.45, 7) is 1.69. The zero-order chi connectivity index (χ0) is 11.4. The molecule has 1 heterocycles. The van der Waals surface area contributed by atoms with Crippen LogP contribution in [0.1, 0.15) is 18.4 Å². The molecular weight excluding hydrogens is 245 g/mol. The smallest absolute Gasteiger partial charge is 0.125 e. The van der Waals surface area contributed by atoms with Gasteiger partial charge in [-0.3, -0.25) is 0 Å². The van der Waals surface area contributed by atoms with E-state index in [1.165, 1.54) is 30.7 Å². The fourth-order valence-electron chi connectivity index (χ4n) is 1.90. The van der Waals surface area contributed by atoms with Gasteiger partial charge in [-0.1, -0.05) is 11.6 Å². The van der Waals surface area contributed by atoms with Crippen molar-refractivity contribution in [1.29, 1.82) is 0 Å². The van der Waals surface area contributed by atoms with Crippen molar-refractivity contribution in [1.82, 2.24) is 5.32 Å². The molecule has 0 radical (unpaired) electrons. The first-order chi connectivity index (χ1) is 7.74. The van der Waals surface area contributed by atoms with E-state index in [2.05, 4.69) is 5.32 Å². The average molecular weight is 260 g/mol. The Balaban J connectivity index is 1.80. The first-order valence-electron chi connectivity index (χ1n) is 5.51. The standard InChI is InChI=1S/C12H15ClFNS/c13-10-4-9(5-11(14)6-10)7-15-8-12-2-1-3-16-12/h4-6,12,15H,1-3,7-8H2. The van der Waals surface area contributed by atoms with Crippen molar-refractivity contribution in [2.24, 2.45) is 0 Å². The summed E-state index contributed by atoms with van der Waals surface area (Å²) in [5, 5.41) is 4.54. The fraction of sp³-hybridized carbons (Fsp3) is 0.500. The highest BCUT2D eigenvalue weighted by Gasteiger charge is 2.14. The second-order valence-electron chi connectivity index (χ2n) is 4.04. The minimum absolute atomic E-state index is 0.264. The lowest BCUT2D eigenvalue weighted by atomic mass is 10.2. The molecule has 0 bridgehead atoms. The van der Waals surface area contributed by atoms with Crippen LogP contribution in [0.2, 0.25) is 5.02 Å². The Labute approximate surface area is 105 Å². The van der Waals surface area contributed by atoms with E-state index in [9.17, 15) is 4.39 Å². The van der Waals surface area contributed by atoms with Gasteiger partial charge in [-0.15, -0.1) is 0 Å². The van der Waals surface area contributed by atoms with Gasteiger partial charge >= 0.3 is 0 Å². The SMILES string of the molecule is Fc1cc(Cl)cc(CNCC2CCCS2)c1. The van der Waals surface area contributed by atoms with E-state index >= 15 is 0 Å². The Kier molecular flexibility index (Phi) is 4.50. The molecule has 1 unspecified atom stereocenters. The van der Waals surface area contributed by atoms with Crippen LogP contribution in [0.5, 0.6) is 0 Å². The second-order valence-corrected chi connectivity index (χ2v) is 5.89. The van der Waals surface area contributed by atoms with Crippen molar-refractivity contribution in [3.8, 4) is 0 Å². The Morgan fingerprint density at radius 2 is 2.31 bits per heavy atom. The Morgan fingerprint density at radius 3 is 3.00 bits per heavy atom. The lowest BCUT2D eigenvalue weighted by Gasteiger charge is -2.10. The maximum atomic E-state index is 13.0. The van der Waals surface area contributed by atoms with Gasteiger partial charge in [0.15, 0.2) is 0 Å². The quantitative estimate of drug-likeness (QED) is 0.889. The summed E-state index contributed by atoms with van der Waals surface area (Å²) in [7, 11) is 0. The molecule has 2 rings (SSSR count). The van der Waals surface area contributed by atoms with Crippen LogP contribution in [0, 0.1) is 5.82 Å². The summed E-state index contributed by atoms with van der Waals surface area (Å²) in [5.74, 6) is 1.01. The summed E-state index contributed by atoms with van der Waals surface area (Å²) >= 11 is 7.81. The monoisotopic (exact) mass is 259 g/mol. The van der Waals surface area contributed by atoms with Crippen LogP contribution >= 0.6 is 23.4 Å². The molecule has 0 aliphatic carbocycles. The maximum absolute atomic E-state index is 13.0. The zero-order valence-electron chi connectivity index (χ0n) is 9.01. The summed E-state index contributed by atoms with van der Waals surface area (Å²) in [6, 6.07) is 4.66. The molecule has 1 saturated heterocycles. The molecule has 4 heteroatoms. The molecule has 0 amide bonds. The van der Waals surface area contributed by atoms with Crippen LogP contribution in [-0.4, -0.2) is 17.5 Å². The first kappa shape index (κ1) is 12.2. The van der Waals surface area contributed by atoms with Crippen molar-refractivity contribution < 1.29 is 4.39 Å². The van der Waals surface area contributed by atoms with Crippen LogP contribution in [0.25, 0.3) is 0 Å². The summed E-state index contributed by atoms with van der Waals surface area (Å²) in [5.41, 5.74) is 0.910. The Bertz CT molecular complexity index is 333. The maximum Gasteiger partial charge on any atom is 0.125 e. The van der Waals surface area contributed by atoms with Crippen LogP contribution < -0.4 is 5.32 Å². The number of nitrogens with one attached hydrogen (secondary N) is 1. The van der Waals surface area contributed by atoms with E-state index in [-0.39, 0.29) is 5.82 Å². The molecule has 0 aromatic heterocycles. The third-order valence-electron chi connectivity index (χ3n) is 2.65. The van der Waals surface area contributed by atoms with E-state index < -0.39 is 0 Å². The lowest BCUT2D eigenvalue weighted by Crippen LogP contribution is -2.22. The molecule has 1 fully saturated rings. The second kappa shape index (κ2) is 5.89. The van der Waals surface area contributed by atoms with Gasteiger partial charge in [-0.05, 0) is 42.4 Å². The molecule has 1 aromatic rings. The number of hydrogen-bond donors (Lipinski definition) is 1. The molecule has 0 spiro atoms. The van der Waals surface area contributed by atoms with Crippen molar-refractivity contribution in [2.75, 3.05) is 12.3 Å². The van der Waals surface area contributed by atoms with Crippen LogP contribution in [0.15, 0.2) is 18.2 Å². The van der Waals surface area contributed by atoms with Gasteiger partial charge < -0.3 is 5.32 Å². The normalized spacial score (nSPS) is 20.2. The topological polar surface area (TPSA) is 12.0 Å². The van der Waals surface area contributed by atoms with Gasteiger partial charge in [-0.25, -0.2) is 4.39 Å². The molecule has 1 atom stereocenters. The number of benzene rings is 1. The highest BCUT2D eigenvalue weighted by Crippen LogP contribution is 2.25. The highest BCUT2D eigenvalue weighted by atomic mass is 35.5. The van der Waals surface area contributed by atoms with Gasteiger partial charge in [0.1, 0.15) is 5.82 Å². The van der Waals surface area contributed by atoms with Gasteiger partial charge in [0, 0.05) is 23.4 Å². The Hall–Kier alpha value is -0.250. The summed E-state index contributed by atoms with van der Waals surface area (Å²) in [4.78, 5) is 0. The minimum Gasteiger partial charge on any atom is -0.312 e. The minimum atomic E-state index is -0.264. The lowest BCUT2D eigenvalue weighted by molar-refractivity contribution is 0.615. The molecule has 0 saturated carbocycles. The molecule has 1 aliphatic heterocycles.